The Hall–Kier alpha value is -3.21. The summed E-state index contributed by atoms with van der Waals surface area (Å²) >= 11 is 0. The van der Waals surface area contributed by atoms with E-state index in [9.17, 15) is 14.9 Å². The van der Waals surface area contributed by atoms with E-state index in [0.717, 1.165) is 27.8 Å². The van der Waals surface area contributed by atoms with E-state index in [-0.39, 0.29) is 5.69 Å². The lowest BCUT2D eigenvalue weighted by Crippen LogP contribution is -1.97. The number of carbonyl (C=O) groups is 1. The maximum Gasteiger partial charge on any atom is 0.331 e. The second-order valence-electron chi connectivity index (χ2n) is 5.03. The Labute approximate surface area is 132 Å². The van der Waals surface area contributed by atoms with Gasteiger partial charge in [0.25, 0.3) is 5.69 Å². The number of nitro benzene ring substituents is 1. The predicted molar refractivity (Wildman–Crippen MR) is 87.4 cm³/mol. The lowest BCUT2D eigenvalue weighted by Gasteiger charge is -2.07. The van der Waals surface area contributed by atoms with E-state index in [2.05, 4.69) is 0 Å². The summed E-state index contributed by atoms with van der Waals surface area (Å²) in [4.78, 5) is 22.0. The molecule has 0 saturated carbocycles. The fraction of sp³-hybridized carbons (Fsp3) is 0.0556. The summed E-state index contributed by atoms with van der Waals surface area (Å²) < 4.78 is 4.73. The molecule has 0 aliphatic heterocycles. The van der Waals surface area contributed by atoms with Gasteiger partial charge in [-0.05, 0) is 46.0 Å². The first-order valence-corrected chi connectivity index (χ1v) is 6.96. The molecule has 0 atom stereocenters. The van der Waals surface area contributed by atoms with Crippen molar-refractivity contribution in [3.63, 3.8) is 0 Å². The molecule has 0 amide bonds. The maximum absolute atomic E-state index is 11.7. The van der Waals surface area contributed by atoms with Crippen LogP contribution in [0, 0.1) is 10.1 Å². The smallest absolute Gasteiger partial charge is 0.331 e. The molecule has 0 heterocycles. The molecule has 2 aromatic rings. The number of carbonyl (C=O) groups excluding carboxylic acids is 1. The summed E-state index contributed by atoms with van der Waals surface area (Å²) in [6.07, 6.45) is 3.41. The fourth-order valence-corrected chi connectivity index (χ4v) is 2.58. The molecule has 23 heavy (non-hydrogen) atoms. The molecule has 5 nitrogen and oxygen atoms in total. The van der Waals surface area contributed by atoms with Gasteiger partial charge in [0.1, 0.15) is 0 Å². The van der Waals surface area contributed by atoms with Crippen molar-refractivity contribution in [3.05, 3.63) is 81.4 Å². The van der Waals surface area contributed by atoms with E-state index in [0.29, 0.717) is 0 Å². The van der Waals surface area contributed by atoms with Crippen LogP contribution in [0.2, 0.25) is 0 Å². The molecule has 0 N–H and O–H groups in total. The van der Waals surface area contributed by atoms with E-state index >= 15 is 0 Å². The largest absolute Gasteiger partial charge is 0.466 e. The molecule has 114 valence electrons. The Kier molecular flexibility index (Phi) is 3.76. The summed E-state index contributed by atoms with van der Waals surface area (Å²) in [5.41, 5.74) is 4.36. The van der Waals surface area contributed by atoms with Gasteiger partial charge >= 0.3 is 5.97 Å². The third-order valence-electron chi connectivity index (χ3n) is 3.69. The molecule has 0 aromatic heterocycles. The number of ether oxygens (including phenoxy) is 1. The Bertz CT molecular complexity index is 848. The summed E-state index contributed by atoms with van der Waals surface area (Å²) in [6, 6.07) is 14.0. The number of rotatable bonds is 3. The first-order chi connectivity index (χ1) is 11.1. The SMILES string of the molecule is COC(=O)/C=C1/C(c2ccc([N+](=O)[O-])cc2)=Cc2ccccc21. The second kappa shape index (κ2) is 5.88. The average Bonchev–Trinajstić information content (AvgIpc) is 2.93. The molecule has 3 rings (SSSR count). The van der Waals surface area contributed by atoms with Gasteiger partial charge in [-0.2, -0.15) is 0 Å². The molecule has 0 radical (unpaired) electrons. The zero-order chi connectivity index (χ0) is 16.4. The highest BCUT2D eigenvalue weighted by atomic mass is 16.6. The van der Waals surface area contributed by atoms with Crippen LogP contribution in [-0.4, -0.2) is 18.0 Å². The molecule has 0 saturated heterocycles. The number of nitrogens with zero attached hydrogens (tertiary/aromatic N) is 1. The number of allylic oxidation sites excluding steroid dienone is 2. The van der Waals surface area contributed by atoms with Crippen LogP contribution in [-0.2, 0) is 9.53 Å². The monoisotopic (exact) mass is 307 g/mol. The minimum absolute atomic E-state index is 0.0309. The number of hydrogen-bond donors (Lipinski definition) is 0. The minimum Gasteiger partial charge on any atom is -0.466 e. The van der Waals surface area contributed by atoms with Gasteiger partial charge in [-0.15, -0.1) is 0 Å². The maximum atomic E-state index is 11.7. The zero-order valence-corrected chi connectivity index (χ0v) is 12.4. The first-order valence-electron chi connectivity index (χ1n) is 6.96. The van der Waals surface area contributed by atoms with E-state index in [1.54, 1.807) is 12.1 Å². The van der Waals surface area contributed by atoms with Gasteiger partial charge in [-0.25, -0.2) is 4.79 Å². The molecule has 0 bridgehead atoms. The third-order valence-corrected chi connectivity index (χ3v) is 3.69. The number of methoxy groups -OCH3 is 1. The van der Waals surface area contributed by atoms with E-state index in [1.165, 1.54) is 25.3 Å². The molecular weight excluding hydrogens is 294 g/mol. The molecule has 0 spiro atoms. The number of non-ortho nitro benzene ring substituents is 1. The van der Waals surface area contributed by atoms with Crippen LogP contribution < -0.4 is 0 Å². The Balaban J connectivity index is 2.08. The van der Waals surface area contributed by atoms with Crippen molar-refractivity contribution >= 4 is 28.9 Å². The van der Waals surface area contributed by atoms with Gasteiger partial charge in [0.2, 0.25) is 0 Å². The minimum atomic E-state index is -0.440. The van der Waals surface area contributed by atoms with Crippen molar-refractivity contribution in [1.29, 1.82) is 0 Å². The van der Waals surface area contributed by atoms with E-state index < -0.39 is 10.9 Å². The number of esters is 1. The number of fused-ring (bicyclic) bond motifs is 1. The summed E-state index contributed by atoms with van der Waals surface area (Å²) in [5.74, 6) is -0.440. The highest BCUT2D eigenvalue weighted by molar-refractivity contribution is 6.20. The van der Waals surface area contributed by atoms with E-state index in [4.69, 9.17) is 4.74 Å². The molecule has 0 fully saturated rings. The molecule has 0 unspecified atom stereocenters. The summed E-state index contributed by atoms with van der Waals surface area (Å²) in [7, 11) is 1.33. The summed E-state index contributed by atoms with van der Waals surface area (Å²) in [5, 5.41) is 10.8. The topological polar surface area (TPSA) is 69.4 Å². The third kappa shape index (κ3) is 2.76. The highest BCUT2D eigenvalue weighted by Gasteiger charge is 2.21. The van der Waals surface area contributed by atoms with Crippen LogP contribution in [0.15, 0.2) is 54.6 Å². The van der Waals surface area contributed by atoms with Gasteiger partial charge in [0.05, 0.1) is 12.0 Å². The lowest BCUT2D eigenvalue weighted by atomic mass is 9.97. The number of nitro groups is 1. The van der Waals surface area contributed by atoms with Crippen LogP contribution >= 0.6 is 0 Å². The predicted octanol–water partition coefficient (Wildman–Crippen LogP) is 3.71. The van der Waals surface area contributed by atoms with Gasteiger partial charge in [-0.3, -0.25) is 10.1 Å². The quantitative estimate of drug-likeness (QED) is 0.375. The molecule has 2 aromatic carbocycles. The van der Waals surface area contributed by atoms with E-state index in [1.807, 2.05) is 30.3 Å². The standard InChI is InChI=1S/C18H13NO4/c1-23-18(20)11-17-15-5-3-2-4-13(15)10-16(17)12-6-8-14(9-7-12)19(21)22/h2-11H,1H3/b17-11+. The van der Waals surface area contributed by atoms with Gasteiger partial charge in [-0.1, -0.05) is 24.3 Å². The molecule has 1 aliphatic rings. The van der Waals surface area contributed by atoms with Crippen molar-refractivity contribution < 1.29 is 14.5 Å². The van der Waals surface area contributed by atoms with Crippen LogP contribution in [0.4, 0.5) is 5.69 Å². The van der Waals surface area contributed by atoms with Crippen LogP contribution in [0.1, 0.15) is 16.7 Å². The van der Waals surface area contributed by atoms with Crippen molar-refractivity contribution in [2.24, 2.45) is 0 Å². The molecule has 5 heteroatoms. The number of hydrogen-bond acceptors (Lipinski definition) is 4. The van der Waals surface area contributed by atoms with Crippen LogP contribution in [0.5, 0.6) is 0 Å². The van der Waals surface area contributed by atoms with Crippen LogP contribution in [0.25, 0.3) is 17.2 Å². The van der Waals surface area contributed by atoms with Crippen molar-refractivity contribution in [2.45, 2.75) is 0 Å². The Morgan fingerprint density at radius 3 is 2.48 bits per heavy atom. The Morgan fingerprint density at radius 1 is 1.13 bits per heavy atom. The highest BCUT2D eigenvalue weighted by Crippen LogP contribution is 2.41. The molecule has 1 aliphatic carbocycles. The van der Waals surface area contributed by atoms with Gasteiger partial charge < -0.3 is 4.74 Å². The van der Waals surface area contributed by atoms with Gasteiger partial charge in [0, 0.05) is 18.2 Å². The summed E-state index contributed by atoms with van der Waals surface area (Å²) in [6.45, 7) is 0. The second-order valence-corrected chi connectivity index (χ2v) is 5.03. The van der Waals surface area contributed by atoms with Crippen molar-refractivity contribution in [3.8, 4) is 0 Å². The van der Waals surface area contributed by atoms with Crippen LogP contribution in [0.3, 0.4) is 0 Å². The molecular formula is C18H13NO4. The Morgan fingerprint density at radius 2 is 1.83 bits per heavy atom. The number of benzene rings is 2. The average molecular weight is 307 g/mol. The zero-order valence-electron chi connectivity index (χ0n) is 12.4. The normalized spacial score (nSPS) is 14.3. The first kappa shape index (κ1) is 14.7. The lowest BCUT2D eigenvalue weighted by molar-refractivity contribution is -0.384. The van der Waals surface area contributed by atoms with Crippen molar-refractivity contribution in [1.82, 2.24) is 0 Å². The fourth-order valence-electron chi connectivity index (χ4n) is 2.58. The van der Waals surface area contributed by atoms with Gasteiger partial charge in [0.15, 0.2) is 0 Å². The van der Waals surface area contributed by atoms with Crippen molar-refractivity contribution in [2.75, 3.05) is 7.11 Å².